The number of ether oxygens (including phenoxy) is 3. The smallest absolute Gasteiger partial charge is 0.410 e. The van der Waals surface area contributed by atoms with Crippen LogP contribution in [0.4, 0.5) is 4.79 Å². The highest BCUT2D eigenvalue weighted by atomic mass is 16.6. The van der Waals surface area contributed by atoms with Crippen LogP contribution in [0.2, 0.25) is 0 Å². The summed E-state index contributed by atoms with van der Waals surface area (Å²) in [5, 5.41) is 0. The van der Waals surface area contributed by atoms with Crippen LogP contribution in [0.5, 0.6) is 5.75 Å². The van der Waals surface area contributed by atoms with Crippen molar-refractivity contribution in [2.45, 2.75) is 45.3 Å². The number of benzene rings is 2. The highest BCUT2D eigenvalue weighted by Crippen LogP contribution is 2.26. The van der Waals surface area contributed by atoms with Crippen LogP contribution >= 0.6 is 0 Å². The number of carbonyl (C=O) groups excluding carboxylic acids is 2. The van der Waals surface area contributed by atoms with Gasteiger partial charge in [0.25, 0.3) is 0 Å². The topological polar surface area (TPSA) is 65.1 Å². The molecule has 0 radical (unpaired) electrons. The Balaban J connectivity index is 2.05. The Hall–Kier alpha value is -3.02. The minimum atomic E-state index is -0.535. The van der Waals surface area contributed by atoms with Crippen molar-refractivity contribution in [2.75, 3.05) is 20.7 Å². The summed E-state index contributed by atoms with van der Waals surface area (Å²) in [5.41, 5.74) is 1.34. The van der Waals surface area contributed by atoms with Gasteiger partial charge >= 0.3 is 12.1 Å². The second-order valence-electron chi connectivity index (χ2n) is 8.10. The SMILES string of the molecule is COC(=O)Cc1ccc(O[C@@H](CCN(C)C(=O)OC(C)(C)C)c2ccccc2)cc1. The molecule has 0 aliphatic heterocycles. The van der Waals surface area contributed by atoms with Gasteiger partial charge in [-0.2, -0.15) is 0 Å². The molecule has 0 saturated carbocycles. The summed E-state index contributed by atoms with van der Waals surface area (Å²) in [6.07, 6.45) is 0.229. The molecule has 0 aromatic heterocycles. The number of hydrogen-bond donors (Lipinski definition) is 0. The maximum atomic E-state index is 12.2. The zero-order chi connectivity index (χ0) is 22.1. The Morgan fingerprint density at radius 1 is 1.00 bits per heavy atom. The predicted molar refractivity (Wildman–Crippen MR) is 115 cm³/mol. The highest BCUT2D eigenvalue weighted by Gasteiger charge is 2.21. The molecule has 6 nitrogen and oxygen atoms in total. The van der Waals surface area contributed by atoms with Crippen LogP contribution in [0.25, 0.3) is 0 Å². The molecule has 0 bridgehead atoms. The standard InChI is InChI=1S/C24H31NO5/c1-24(2,3)30-23(27)25(4)16-15-21(19-9-7-6-8-10-19)29-20-13-11-18(12-14-20)17-22(26)28-5/h6-14,21H,15-17H2,1-5H3/t21-/m0/s1. The highest BCUT2D eigenvalue weighted by molar-refractivity contribution is 5.72. The molecule has 0 saturated heterocycles. The maximum Gasteiger partial charge on any atom is 0.410 e. The number of nitrogens with zero attached hydrogens (tertiary/aromatic N) is 1. The van der Waals surface area contributed by atoms with Gasteiger partial charge < -0.3 is 19.1 Å². The van der Waals surface area contributed by atoms with Gasteiger partial charge in [-0.3, -0.25) is 4.79 Å². The fourth-order valence-electron chi connectivity index (χ4n) is 2.79. The second kappa shape index (κ2) is 10.7. The monoisotopic (exact) mass is 413 g/mol. The zero-order valence-corrected chi connectivity index (χ0v) is 18.4. The van der Waals surface area contributed by atoms with Gasteiger partial charge in [0.2, 0.25) is 0 Å². The third kappa shape index (κ3) is 7.78. The van der Waals surface area contributed by atoms with Crippen molar-refractivity contribution in [1.29, 1.82) is 0 Å². The summed E-state index contributed by atoms with van der Waals surface area (Å²) >= 11 is 0. The lowest BCUT2D eigenvalue weighted by Crippen LogP contribution is -2.35. The predicted octanol–water partition coefficient (Wildman–Crippen LogP) is 4.78. The molecule has 0 fully saturated rings. The molecular formula is C24H31NO5. The molecule has 0 spiro atoms. The summed E-state index contributed by atoms with van der Waals surface area (Å²) in [6.45, 7) is 6.02. The van der Waals surface area contributed by atoms with Crippen molar-refractivity contribution in [2.24, 2.45) is 0 Å². The van der Waals surface area contributed by atoms with E-state index in [1.165, 1.54) is 7.11 Å². The number of esters is 1. The molecule has 2 aromatic rings. The van der Waals surface area contributed by atoms with Crippen LogP contribution < -0.4 is 4.74 Å². The fraction of sp³-hybridized carbons (Fsp3) is 0.417. The molecule has 0 N–H and O–H groups in total. The van der Waals surface area contributed by atoms with Crippen LogP contribution in [0.15, 0.2) is 54.6 Å². The summed E-state index contributed by atoms with van der Waals surface area (Å²) in [5.74, 6) is 0.411. The van der Waals surface area contributed by atoms with Gasteiger partial charge in [0.15, 0.2) is 0 Å². The lowest BCUT2D eigenvalue weighted by molar-refractivity contribution is -0.139. The van der Waals surface area contributed by atoms with Crippen molar-refractivity contribution < 1.29 is 23.8 Å². The minimum Gasteiger partial charge on any atom is -0.486 e. The number of methoxy groups -OCH3 is 1. The number of rotatable bonds is 8. The Kier molecular flexibility index (Phi) is 8.27. The van der Waals surface area contributed by atoms with Gasteiger partial charge in [-0.25, -0.2) is 4.79 Å². The molecule has 1 amide bonds. The van der Waals surface area contributed by atoms with E-state index in [-0.39, 0.29) is 24.6 Å². The van der Waals surface area contributed by atoms with Gasteiger partial charge in [0.1, 0.15) is 17.5 Å². The Labute approximate surface area is 178 Å². The van der Waals surface area contributed by atoms with Crippen molar-refractivity contribution in [3.63, 3.8) is 0 Å². The second-order valence-corrected chi connectivity index (χ2v) is 8.10. The molecule has 162 valence electrons. The van der Waals surface area contributed by atoms with E-state index in [4.69, 9.17) is 14.2 Å². The molecule has 0 heterocycles. The van der Waals surface area contributed by atoms with E-state index in [0.29, 0.717) is 18.7 Å². The van der Waals surface area contributed by atoms with Crippen LogP contribution in [0.3, 0.4) is 0 Å². The van der Waals surface area contributed by atoms with E-state index in [2.05, 4.69) is 0 Å². The maximum absolute atomic E-state index is 12.2. The lowest BCUT2D eigenvalue weighted by Gasteiger charge is -2.26. The first-order valence-electron chi connectivity index (χ1n) is 9.99. The molecule has 30 heavy (non-hydrogen) atoms. The van der Waals surface area contributed by atoms with E-state index in [0.717, 1.165) is 11.1 Å². The molecule has 2 aromatic carbocycles. The van der Waals surface area contributed by atoms with Crippen LogP contribution in [0, 0.1) is 0 Å². The van der Waals surface area contributed by atoms with Crippen LogP contribution in [-0.4, -0.2) is 43.3 Å². The molecule has 0 aliphatic rings. The van der Waals surface area contributed by atoms with Crippen molar-refractivity contribution in [1.82, 2.24) is 4.90 Å². The summed E-state index contributed by atoms with van der Waals surface area (Å²) in [4.78, 5) is 25.2. The Bertz CT molecular complexity index is 812. The van der Waals surface area contributed by atoms with Crippen LogP contribution in [-0.2, 0) is 20.7 Å². The normalized spacial score (nSPS) is 12.0. The Morgan fingerprint density at radius 3 is 2.20 bits per heavy atom. The average Bonchev–Trinajstić information content (AvgIpc) is 2.71. The van der Waals surface area contributed by atoms with E-state index in [9.17, 15) is 9.59 Å². The van der Waals surface area contributed by atoms with Gasteiger partial charge in [0, 0.05) is 20.0 Å². The molecule has 0 unspecified atom stereocenters. The summed E-state index contributed by atoms with van der Waals surface area (Å²) < 4.78 is 16.3. The quantitative estimate of drug-likeness (QED) is 0.583. The van der Waals surface area contributed by atoms with E-state index in [1.807, 2.05) is 75.4 Å². The van der Waals surface area contributed by atoms with Crippen LogP contribution in [0.1, 0.15) is 44.4 Å². The molecule has 1 atom stereocenters. The minimum absolute atomic E-state index is 0.222. The molecule has 0 aliphatic carbocycles. The van der Waals surface area contributed by atoms with Gasteiger partial charge in [0.05, 0.1) is 13.5 Å². The van der Waals surface area contributed by atoms with Crippen molar-refractivity contribution >= 4 is 12.1 Å². The van der Waals surface area contributed by atoms with Gasteiger partial charge in [-0.1, -0.05) is 42.5 Å². The summed E-state index contributed by atoms with van der Waals surface area (Å²) in [7, 11) is 3.09. The van der Waals surface area contributed by atoms with Crippen molar-refractivity contribution in [3.05, 3.63) is 65.7 Å². The lowest BCUT2D eigenvalue weighted by atomic mass is 10.1. The molecular weight excluding hydrogens is 382 g/mol. The third-order valence-corrected chi connectivity index (χ3v) is 4.38. The first kappa shape index (κ1) is 23.3. The largest absolute Gasteiger partial charge is 0.486 e. The van der Waals surface area contributed by atoms with Gasteiger partial charge in [-0.05, 0) is 44.0 Å². The summed E-state index contributed by atoms with van der Waals surface area (Å²) in [6, 6.07) is 17.3. The fourth-order valence-corrected chi connectivity index (χ4v) is 2.79. The molecule has 6 heteroatoms. The zero-order valence-electron chi connectivity index (χ0n) is 18.4. The van der Waals surface area contributed by atoms with Gasteiger partial charge in [-0.15, -0.1) is 0 Å². The number of carbonyl (C=O) groups is 2. The Morgan fingerprint density at radius 2 is 1.63 bits per heavy atom. The van der Waals surface area contributed by atoms with Crippen molar-refractivity contribution in [3.8, 4) is 5.75 Å². The van der Waals surface area contributed by atoms with E-state index < -0.39 is 5.60 Å². The van der Waals surface area contributed by atoms with E-state index in [1.54, 1.807) is 11.9 Å². The molecule has 2 rings (SSSR count). The average molecular weight is 414 g/mol. The third-order valence-electron chi connectivity index (χ3n) is 4.38. The number of amides is 1. The van der Waals surface area contributed by atoms with E-state index >= 15 is 0 Å². The first-order valence-corrected chi connectivity index (χ1v) is 9.99. The number of hydrogen-bond acceptors (Lipinski definition) is 5. The first-order chi connectivity index (χ1) is 14.2.